The molecule has 12 heteroatoms. The van der Waals surface area contributed by atoms with E-state index < -0.39 is 38.9 Å². The first-order valence-corrected chi connectivity index (χ1v) is 15.0. The minimum atomic E-state index is -3.87. The van der Waals surface area contributed by atoms with Crippen molar-refractivity contribution in [1.82, 2.24) is 14.1 Å². The Morgan fingerprint density at radius 1 is 1.00 bits per heavy atom. The van der Waals surface area contributed by atoms with Gasteiger partial charge in [-0.2, -0.15) is 0 Å². The summed E-state index contributed by atoms with van der Waals surface area (Å²) in [7, 11) is -1.10. The van der Waals surface area contributed by atoms with Crippen molar-refractivity contribution in [3.63, 3.8) is 0 Å². The van der Waals surface area contributed by atoms with E-state index in [9.17, 15) is 27.9 Å². The van der Waals surface area contributed by atoms with Gasteiger partial charge in [-0.1, -0.05) is 37.3 Å². The highest BCUT2D eigenvalue weighted by molar-refractivity contribution is 7.89. The number of rotatable bonds is 8. The Labute approximate surface area is 239 Å². The molecule has 2 saturated heterocycles. The van der Waals surface area contributed by atoms with E-state index in [1.807, 2.05) is 6.92 Å². The van der Waals surface area contributed by atoms with Gasteiger partial charge in [-0.05, 0) is 24.6 Å². The summed E-state index contributed by atoms with van der Waals surface area (Å²) in [4.78, 5) is 46.9. The van der Waals surface area contributed by atoms with Gasteiger partial charge >= 0.3 is 0 Å². The summed E-state index contributed by atoms with van der Waals surface area (Å²) >= 11 is 0. The van der Waals surface area contributed by atoms with Crippen LogP contribution in [-0.2, 0) is 34.7 Å². The summed E-state index contributed by atoms with van der Waals surface area (Å²) in [6.07, 6.45) is 0.626. The van der Waals surface area contributed by atoms with Crippen molar-refractivity contribution in [2.24, 2.45) is 0 Å². The van der Waals surface area contributed by atoms with E-state index in [0.717, 1.165) is 4.31 Å². The summed E-state index contributed by atoms with van der Waals surface area (Å²) in [5, 5.41) is 11.7. The number of Topliss-reactive ketones (excluding diaryl/α,β-unsaturated/α-hetero) is 1. The van der Waals surface area contributed by atoms with Crippen LogP contribution in [-0.4, -0.2) is 105 Å². The maximum Gasteiger partial charge on any atom is 0.296 e. The molecular formula is C29H34N4O7S. The van der Waals surface area contributed by atoms with E-state index in [-0.39, 0.29) is 22.6 Å². The second kappa shape index (κ2) is 11.0. The van der Waals surface area contributed by atoms with Crippen LogP contribution in [0.5, 0.6) is 0 Å². The average molecular weight is 583 g/mol. The Kier molecular flexibility index (Phi) is 7.77. The molecule has 0 radical (unpaired) electrons. The predicted octanol–water partition coefficient (Wildman–Crippen LogP) is 1.60. The summed E-state index contributed by atoms with van der Waals surface area (Å²) in [5.74, 6) is -2.99. The van der Waals surface area contributed by atoms with Crippen molar-refractivity contribution in [3.05, 3.63) is 65.2 Å². The van der Waals surface area contributed by atoms with Gasteiger partial charge in [-0.25, -0.2) is 12.7 Å². The van der Waals surface area contributed by atoms with Crippen LogP contribution in [0, 0.1) is 0 Å². The number of carbonyl (C=O) groups excluding carboxylic acids is 3. The Hall–Kier alpha value is -3.58. The predicted molar refractivity (Wildman–Crippen MR) is 152 cm³/mol. The van der Waals surface area contributed by atoms with Crippen LogP contribution in [0.4, 0.5) is 5.69 Å². The minimum Gasteiger partial charge on any atom is -0.507 e. The lowest BCUT2D eigenvalue weighted by Gasteiger charge is -2.36. The minimum absolute atomic E-state index is 0.0118. The summed E-state index contributed by atoms with van der Waals surface area (Å²) in [6, 6.07) is 12.5. The van der Waals surface area contributed by atoms with Crippen molar-refractivity contribution in [2.45, 2.75) is 23.8 Å². The number of sulfonamides is 1. The third-order valence-electron chi connectivity index (χ3n) is 7.89. The van der Waals surface area contributed by atoms with Crippen LogP contribution < -0.4 is 4.90 Å². The zero-order chi connectivity index (χ0) is 29.5. The molecule has 41 heavy (non-hydrogen) atoms. The highest BCUT2D eigenvalue weighted by Crippen LogP contribution is 2.53. The first-order valence-electron chi connectivity index (χ1n) is 13.6. The molecule has 2 amide bonds. The van der Waals surface area contributed by atoms with E-state index in [2.05, 4.69) is 4.90 Å². The molecule has 1 N–H and O–H groups in total. The van der Waals surface area contributed by atoms with Crippen LogP contribution >= 0.6 is 0 Å². The Morgan fingerprint density at radius 2 is 1.71 bits per heavy atom. The maximum absolute atomic E-state index is 14.5. The quantitative estimate of drug-likeness (QED) is 0.283. The number of likely N-dealkylation sites (tertiary alicyclic amines) is 1. The SMILES string of the molecule is CCCN1C(=O)[C@]2(C(=C(O)c3cccc(S(=O)(=O)N(C)C)c3)C(=O)C(=O)N2CCN2CCOCC2)c2ccccc21. The molecule has 2 aromatic carbocycles. The number of anilines is 1. The molecule has 5 rings (SSSR count). The van der Waals surface area contributed by atoms with E-state index >= 15 is 0 Å². The number of amides is 2. The van der Waals surface area contributed by atoms with E-state index in [0.29, 0.717) is 57.1 Å². The van der Waals surface area contributed by atoms with Crippen LogP contribution in [0.1, 0.15) is 24.5 Å². The van der Waals surface area contributed by atoms with Crippen molar-refractivity contribution >= 4 is 39.1 Å². The number of aliphatic hydroxyl groups is 1. The van der Waals surface area contributed by atoms with Crippen molar-refractivity contribution in [1.29, 1.82) is 0 Å². The van der Waals surface area contributed by atoms with Gasteiger partial charge in [0.05, 0.1) is 29.4 Å². The molecule has 0 aliphatic carbocycles. The Balaban J connectivity index is 1.72. The molecule has 3 aliphatic heterocycles. The van der Waals surface area contributed by atoms with Gasteiger partial charge in [-0.15, -0.1) is 0 Å². The maximum atomic E-state index is 14.5. The summed E-state index contributed by atoms with van der Waals surface area (Å²) in [5.41, 5.74) is -1.25. The standard InChI is InChI=1S/C29H34N4O7S/c1-4-12-32-23-11-6-5-10-22(23)29(28(32)37)24(25(34)20-8-7-9-21(19-20)41(38,39)30(2)3)26(35)27(36)33(29)14-13-31-15-17-40-18-16-31/h5-11,19,34H,4,12-18H2,1-3H3/t29-/m1/s1. The van der Waals surface area contributed by atoms with Crippen LogP contribution in [0.2, 0.25) is 0 Å². The number of nitrogens with zero attached hydrogens (tertiary/aromatic N) is 4. The second-order valence-electron chi connectivity index (χ2n) is 10.5. The molecule has 0 aromatic heterocycles. The topological polar surface area (TPSA) is 128 Å². The van der Waals surface area contributed by atoms with E-state index in [4.69, 9.17) is 4.74 Å². The molecule has 1 atom stereocenters. The third-order valence-corrected chi connectivity index (χ3v) is 9.70. The number of benzene rings is 2. The molecule has 2 aromatic rings. The summed E-state index contributed by atoms with van der Waals surface area (Å²) < 4.78 is 32.1. The Morgan fingerprint density at radius 3 is 2.39 bits per heavy atom. The largest absolute Gasteiger partial charge is 0.507 e. The van der Waals surface area contributed by atoms with Crippen molar-refractivity contribution < 1.29 is 32.6 Å². The van der Waals surface area contributed by atoms with Crippen LogP contribution in [0.15, 0.2) is 59.0 Å². The average Bonchev–Trinajstić information content (AvgIpc) is 3.35. The zero-order valence-corrected chi connectivity index (χ0v) is 24.2. The molecule has 0 saturated carbocycles. The fourth-order valence-corrected chi connectivity index (χ4v) is 6.79. The molecule has 3 aliphatic rings. The first-order chi connectivity index (χ1) is 19.6. The van der Waals surface area contributed by atoms with Gasteiger partial charge in [0.15, 0.2) is 5.54 Å². The van der Waals surface area contributed by atoms with Gasteiger partial charge < -0.3 is 19.6 Å². The molecule has 3 heterocycles. The van der Waals surface area contributed by atoms with Crippen molar-refractivity contribution in [3.8, 4) is 0 Å². The lowest BCUT2D eigenvalue weighted by Crippen LogP contribution is -2.54. The van der Waals surface area contributed by atoms with Gasteiger partial charge in [-0.3, -0.25) is 19.3 Å². The van der Waals surface area contributed by atoms with Gasteiger partial charge in [0.2, 0.25) is 10.0 Å². The first kappa shape index (κ1) is 28.9. The zero-order valence-electron chi connectivity index (χ0n) is 23.4. The lowest BCUT2D eigenvalue weighted by atomic mass is 9.82. The lowest BCUT2D eigenvalue weighted by molar-refractivity contribution is -0.144. The fraction of sp³-hybridized carbons (Fsp3) is 0.414. The molecular weight excluding hydrogens is 548 g/mol. The number of ketones is 1. The van der Waals surface area contributed by atoms with E-state index in [1.54, 1.807) is 29.2 Å². The molecule has 11 nitrogen and oxygen atoms in total. The smallest absolute Gasteiger partial charge is 0.296 e. The normalized spacial score (nSPS) is 22.8. The van der Waals surface area contributed by atoms with Crippen LogP contribution in [0.3, 0.4) is 0 Å². The number of ether oxygens (including phenoxy) is 1. The summed E-state index contributed by atoms with van der Waals surface area (Å²) in [6.45, 7) is 5.13. The highest BCUT2D eigenvalue weighted by atomic mass is 32.2. The number of hydrogen-bond donors (Lipinski definition) is 1. The van der Waals surface area contributed by atoms with Gasteiger partial charge in [0.25, 0.3) is 17.6 Å². The number of morpholine rings is 1. The number of aliphatic hydroxyl groups excluding tert-OH is 1. The number of hydrogen-bond acceptors (Lipinski definition) is 8. The van der Waals surface area contributed by atoms with E-state index in [1.165, 1.54) is 43.3 Å². The van der Waals surface area contributed by atoms with Gasteiger partial charge in [0.1, 0.15) is 5.76 Å². The highest BCUT2D eigenvalue weighted by Gasteiger charge is 2.67. The monoisotopic (exact) mass is 582 g/mol. The third kappa shape index (κ3) is 4.55. The molecule has 0 unspecified atom stereocenters. The number of para-hydroxylation sites is 1. The van der Waals surface area contributed by atoms with Crippen molar-refractivity contribution in [2.75, 3.05) is 64.9 Å². The molecule has 1 spiro atoms. The van der Waals surface area contributed by atoms with Crippen LogP contribution in [0.25, 0.3) is 5.76 Å². The number of fused-ring (bicyclic) bond motifs is 2. The molecule has 218 valence electrons. The van der Waals surface area contributed by atoms with Gasteiger partial charge in [0, 0.05) is 57.9 Å². The fourth-order valence-electron chi connectivity index (χ4n) is 5.84. The Bertz CT molecular complexity index is 1530. The molecule has 2 fully saturated rings. The number of carbonyl (C=O) groups is 3. The molecule has 0 bridgehead atoms. The second-order valence-corrected chi connectivity index (χ2v) is 12.6.